The number of amides is 1. The zero-order valence-electron chi connectivity index (χ0n) is 25.3. The third-order valence-electron chi connectivity index (χ3n) is 8.25. The summed E-state index contributed by atoms with van der Waals surface area (Å²) in [4.78, 5) is 16.5. The van der Waals surface area contributed by atoms with Gasteiger partial charge in [-0.25, -0.2) is 8.78 Å². The van der Waals surface area contributed by atoms with Gasteiger partial charge in [0.05, 0.1) is 25.3 Å². The van der Waals surface area contributed by atoms with Crippen molar-refractivity contribution in [2.45, 2.75) is 56.9 Å². The molecule has 1 aromatic heterocycles. The smallest absolute Gasteiger partial charge is 0.230 e. The van der Waals surface area contributed by atoms with Crippen molar-refractivity contribution in [2.24, 2.45) is 5.92 Å². The minimum atomic E-state index is -1.21. The van der Waals surface area contributed by atoms with Crippen LogP contribution < -0.4 is 10.1 Å². The van der Waals surface area contributed by atoms with Crippen molar-refractivity contribution in [3.8, 4) is 5.75 Å². The maximum atomic E-state index is 14.6. The van der Waals surface area contributed by atoms with E-state index in [0.717, 1.165) is 54.7 Å². The summed E-state index contributed by atoms with van der Waals surface area (Å²) >= 11 is 0. The van der Waals surface area contributed by atoms with Crippen LogP contribution in [0.15, 0.2) is 42.6 Å². The van der Waals surface area contributed by atoms with Crippen LogP contribution in [0.5, 0.6) is 5.75 Å². The predicted molar refractivity (Wildman–Crippen MR) is 158 cm³/mol. The van der Waals surface area contributed by atoms with Crippen molar-refractivity contribution in [3.63, 3.8) is 0 Å². The SMILES string of the molecule is COCCCc1cc(CN(C(=O)C2CNCCC2(OCc2cn[nH]n2)c2ccc(F)c(F)c2)C2CC2)cc(OCCOC)c1. The Bertz CT molecular complexity index is 1340. The number of rotatable bonds is 16. The summed E-state index contributed by atoms with van der Waals surface area (Å²) in [6, 6.07) is 9.95. The summed E-state index contributed by atoms with van der Waals surface area (Å²) in [5.74, 6) is -2.01. The Morgan fingerprint density at radius 1 is 1.05 bits per heavy atom. The van der Waals surface area contributed by atoms with E-state index >= 15 is 0 Å². The van der Waals surface area contributed by atoms with Crippen LogP contribution in [0.4, 0.5) is 8.78 Å². The van der Waals surface area contributed by atoms with Gasteiger partial charge in [-0.05, 0) is 79.6 Å². The monoisotopic (exact) mass is 613 g/mol. The summed E-state index contributed by atoms with van der Waals surface area (Å²) in [5, 5.41) is 13.9. The Balaban J connectivity index is 1.45. The second-order valence-electron chi connectivity index (χ2n) is 11.4. The van der Waals surface area contributed by atoms with Gasteiger partial charge in [0.2, 0.25) is 5.91 Å². The molecule has 10 nitrogen and oxygen atoms in total. The number of nitrogens with one attached hydrogen (secondary N) is 2. The zero-order valence-corrected chi connectivity index (χ0v) is 25.3. The maximum absolute atomic E-state index is 14.6. The van der Waals surface area contributed by atoms with Crippen LogP contribution in [0.2, 0.25) is 0 Å². The number of piperidine rings is 1. The van der Waals surface area contributed by atoms with Crippen molar-refractivity contribution in [3.05, 3.63) is 76.6 Å². The number of methoxy groups -OCH3 is 2. The van der Waals surface area contributed by atoms with Crippen LogP contribution in [0.3, 0.4) is 0 Å². The normalized spacial score (nSPS) is 20.0. The molecule has 2 atom stereocenters. The van der Waals surface area contributed by atoms with Gasteiger partial charge in [0.15, 0.2) is 11.6 Å². The molecular formula is C32H41F2N5O5. The molecule has 2 heterocycles. The Morgan fingerprint density at radius 3 is 2.59 bits per heavy atom. The molecule has 2 aromatic carbocycles. The molecule has 1 saturated heterocycles. The molecule has 2 fully saturated rings. The van der Waals surface area contributed by atoms with Crippen LogP contribution in [-0.4, -0.2) is 79.4 Å². The fourth-order valence-electron chi connectivity index (χ4n) is 5.89. The molecular weight excluding hydrogens is 572 g/mol. The molecule has 0 radical (unpaired) electrons. The third-order valence-corrected chi connectivity index (χ3v) is 8.25. The molecule has 1 aliphatic carbocycles. The lowest BCUT2D eigenvalue weighted by Crippen LogP contribution is -2.56. The van der Waals surface area contributed by atoms with Gasteiger partial charge >= 0.3 is 0 Å². The predicted octanol–water partition coefficient (Wildman–Crippen LogP) is 3.90. The first-order valence-electron chi connectivity index (χ1n) is 15.1. The molecule has 2 aliphatic rings. The number of aromatic amines is 1. The first-order valence-corrected chi connectivity index (χ1v) is 15.1. The molecule has 12 heteroatoms. The molecule has 1 amide bonds. The number of H-pyrrole nitrogens is 1. The number of carbonyl (C=O) groups excluding carboxylic acids is 1. The van der Waals surface area contributed by atoms with E-state index < -0.39 is 23.2 Å². The van der Waals surface area contributed by atoms with Crippen molar-refractivity contribution in [1.29, 1.82) is 0 Å². The number of aryl methyl sites for hydroxylation is 1. The number of halogens is 2. The van der Waals surface area contributed by atoms with Gasteiger partial charge in [0.25, 0.3) is 0 Å². The van der Waals surface area contributed by atoms with E-state index in [1.54, 1.807) is 20.4 Å². The minimum Gasteiger partial charge on any atom is -0.491 e. The highest BCUT2D eigenvalue weighted by atomic mass is 19.2. The van der Waals surface area contributed by atoms with Crippen molar-refractivity contribution < 1.29 is 32.5 Å². The van der Waals surface area contributed by atoms with Crippen molar-refractivity contribution in [2.75, 3.05) is 47.1 Å². The average Bonchev–Trinajstić information content (AvgIpc) is 3.74. The van der Waals surface area contributed by atoms with Crippen LogP contribution in [0, 0.1) is 17.6 Å². The van der Waals surface area contributed by atoms with Crippen LogP contribution in [0.25, 0.3) is 0 Å². The van der Waals surface area contributed by atoms with E-state index in [0.29, 0.717) is 57.1 Å². The number of hydrogen-bond acceptors (Lipinski definition) is 8. The average molecular weight is 614 g/mol. The van der Waals surface area contributed by atoms with Crippen molar-refractivity contribution >= 4 is 5.91 Å². The topological polar surface area (TPSA) is 111 Å². The first-order chi connectivity index (χ1) is 21.4. The van der Waals surface area contributed by atoms with Gasteiger partial charge in [0, 0.05) is 40.0 Å². The lowest BCUT2D eigenvalue weighted by Gasteiger charge is -2.45. The van der Waals surface area contributed by atoms with Crippen molar-refractivity contribution in [1.82, 2.24) is 25.6 Å². The highest BCUT2D eigenvalue weighted by Crippen LogP contribution is 2.43. The lowest BCUT2D eigenvalue weighted by molar-refractivity contribution is -0.163. The van der Waals surface area contributed by atoms with Crippen LogP contribution >= 0.6 is 0 Å². The molecule has 1 aliphatic heterocycles. The van der Waals surface area contributed by atoms with E-state index in [9.17, 15) is 13.6 Å². The van der Waals surface area contributed by atoms with E-state index in [2.05, 4.69) is 26.8 Å². The van der Waals surface area contributed by atoms with E-state index in [-0.39, 0.29) is 18.6 Å². The molecule has 44 heavy (non-hydrogen) atoms. The van der Waals surface area contributed by atoms with Gasteiger partial charge in [0.1, 0.15) is 23.7 Å². The zero-order chi connectivity index (χ0) is 30.9. The highest BCUT2D eigenvalue weighted by Gasteiger charge is 2.50. The fraction of sp³-hybridized carbons (Fsp3) is 0.531. The first kappa shape index (κ1) is 32.0. The number of ether oxygens (including phenoxy) is 4. The number of aromatic nitrogens is 3. The Kier molecular flexibility index (Phi) is 10.9. The summed E-state index contributed by atoms with van der Waals surface area (Å²) in [5.41, 5.74) is 1.81. The third kappa shape index (κ3) is 7.79. The Hall–Kier alpha value is -3.45. The number of benzene rings is 2. The second-order valence-corrected chi connectivity index (χ2v) is 11.4. The largest absolute Gasteiger partial charge is 0.491 e. The molecule has 238 valence electrons. The molecule has 0 bridgehead atoms. The molecule has 2 N–H and O–H groups in total. The molecule has 1 saturated carbocycles. The number of nitrogens with zero attached hydrogens (tertiary/aromatic N) is 3. The fourth-order valence-corrected chi connectivity index (χ4v) is 5.89. The standard InChI is InChI=1S/C32H41F2N5O5/c1-41-11-3-4-22-14-23(16-27(15-22)43-13-12-42-2)20-39(26-6-7-26)31(40)28-19-35-10-9-32(28,44-21-25-18-36-38-37-25)24-5-8-29(33)30(34)17-24/h5,8,14-18,26,28,35H,3-4,6-7,9-13,19-21H2,1-2H3,(H,36,37,38). The molecule has 2 unspecified atom stereocenters. The van der Waals surface area contributed by atoms with Gasteiger partial charge in [-0.1, -0.05) is 12.1 Å². The second kappa shape index (κ2) is 15.0. The quantitative estimate of drug-likeness (QED) is 0.234. The van der Waals surface area contributed by atoms with E-state index in [4.69, 9.17) is 18.9 Å². The molecule has 0 spiro atoms. The van der Waals surface area contributed by atoms with Crippen LogP contribution in [0.1, 0.15) is 48.1 Å². The molecule has 5 rings (SSSR count). The van der Waals surface area contributed by atoms with Gasteiger partial charge in [-0.15, -0.1) is 0 Å². The summed E-state index contributed by atoms with van der Waals surface area (Å²) in [7, 11) is 3.32. The maximum Gasteiger partial charge on any atom is 0.230 e. The number of carbonyl (C=O) groups is 1. The van der Waals surface area contributed by atoms with Gasteiger partial charge in [-0.3, -0.25) is 4.79 Å². The van der Waals surface area contributed by atoms with Gasteiger partial charge < -0.3 is 29.2 Å². The Morgan fingerprint density at radius 2 is 1.86 bits per heavy atom. The molecule has 3 aromatic rings. The van der Waals surface area contributed by atoms with Gasteiger partial charge in [-0.2, -0.15) is 15.4 Å². The van der Waals surface area contributed by atoms with E-state index in [1.807, 2.05) is 17.0 Å². The highest BCUT2D eigenvalue weighted by molar-refractivity contribution is 5.81. The van der Waals surface area contributed by atoms with E-state index in [1.165, 1.54) is 6.07 Å². The summed E-state index contributed by atoms with van der Waals surface area (Å²) in [6.45, 7) is 2.82. The summed E-state index contributed by atoms with van der Waals surface area (Å²) in [6.07, 6.45) is 5.39. The minimum absolute atomic E-state index is 0.0500. The Labute approximate surface area is 256 Å². The number of hydrogen-bond donors (Lipinski definition) is 2. The summed E-state index contributed by atoms with van der Waals surface area (Å²) < 4.78 is 51.6. The lowest BCUT2D eigenvalue weighted by atomic mass is 9.75. The van der Waals surface area contributed by atoms with Crippen LogP contribution in [-0.2, 0) is 44.2 Å².